The number of alkyl halides is 1. The lowest BCUT2D eigenvalue weighted by molar-refractivity contribution is -0.123. The third-order valence-electron chi connectivity index (χ3n) is 3.48. The number of carbonyl (C=O) groups excluding carboxylic acids is 1. The Bertz CT molecular complexity index is 555. The zero-order valence-corrected chi connectivity index (χ0v) is 11.5. The molecule has 2 N–H and O–H groups in total. The minimum absolute atomic E-state index is 0.428. The van der Waals surface area contributed by atoms with Crippen molar-refractivity contribution in [3.63, 3.8) is 0 Å². The van der Waals surface area contributed by atoms with E-state index in [1.165, 1.54) is 0 Å². The van der Waals surface area contributed by atoms with E-state index in [1.54, 1.807) is 6.92 Å². The van der Waals surface area contributed by atoms with E-state index in [-0.39, 0.29) is 0 Å². The molecule has 1 amide bonds. The third kappa shape index (κ3) is 2.49. The predicted octanol–water partition coefficient (Wildman–Crippen LogP) is 3.41. The third-order valence-corrected chi connectivity index (χ3v) is 4.17. The molecular weight excluding hydrogens is 258 g/mol. The van der Waals surface area contributed by atoms with Gasteiger partial charge in [-0.05, 0) is 18.1 Å². The molecule has 0 saturated carbocycles. The molecule has 0 bridgehead atoms. The van der Waals surface area contributed by atoms with Crippen molar-refractivity contribution in [1.82, 2.24) is 0 Å². The maximum atomic E-state index is 12.0. The van der Waals surface area contributed by atoms with E-state index in [2.05, 4.69) is 0 Å². The number of rotatable bonds is 4. The maximum Gasteiger partial charge on any atom is 0.229 e. The molecule has 2 aromatic carbocycles. The fraction of sp³-hybridized carbons (Fsp3) is 0.188. The molecule has 98 valence electrons. The van der Waals surface area contributed by atoms with Crippen molar-refractivity contribution in [2.24, 2.45) is 5.73 Å². The number of nitrogens with two attached hydrogens (primary N) is 1. The molecule has 2 unspecified atom stereocenters. The second-order valence-corrected chi connectivity index (χ2v) is 5.14. The van der Waals surface area contributed by atoms with E-state index in [1.807, 2.05) is 60.7 Å². The summed E-state index contributed by atoms with van der Waals surface area (Å²) in [5.74, 6) is -0.428. The van der Waals surface area contributed by atoms with Gasteiger partial charge in [0.05, 0.1) is 10.8 Å². The highest BCUT2D eigenvalue weighted by molar-refractivity contribution is 6.23. The van der Waals surface area contributed by atoms with Crippen LogP contribution in [0.2, 0.25) is 0 Å². The Hall–Kier alpha value is -1.80. The molecule has 0 aromatic heterocycles. The topological polar surface area (TPSA) is 43.1 Å². The smallest absolute Gasteiger partial charge is 0.229 e. The van der Waals surface area contributed by atoms with Crippen LogP contribution in [0.15, 0.2) is 60.7 Å². The average molecular weight is 274 g/mol. The van der Waals surface area contributed by atoms with Crippen LogP contribution in [0.5, 0.6) is 0 Å². The van der Waals surface area contributed by atoms with Crippen molar-refractivity contribution >= 4 is 17.5 Å². The van der Waals surface area contributed by atoms with Gasteiger partial charge in [-0.1, -0.05) is 60.7 Å². The summed E-state index contributed by atoms with van der Waals surface area (Å²) < 4.78 is 0. The summed E-state index contributed by atoms with van der Waals surface area (Å²) in [5.41, 5.74) is 6.39. The first-order chi connectivity index (χ1) is 9.06. The highest BCUT2D eigenvalue weighted by Gasteiger charge is 2.41. The van der Waals surface area contributed by atoms with Crippen LogP contribution in [0.1, 0.15) is 23.4 Å². The summed E-state index contributed by atoms with van der Waals surface area (Å²) in [6, 6.07) is 18.9. The zero-order chi connectivity index (χ0) is 13.9. The highest BCUT2D eigenvalue weighted by atomic mass is 35.5. The van der Waals surface area contributed by atoms with Crippen LogP contribution in [0.25, 0.3) is 0 Å². The van der Waals surface area contributed by atoms with Crippen molar-refractivity contribution in [2.45, 2.75) is 17.7 Å². The second-order valence-electron chi connectivity index (χ2n) is 4.71. The van der Waals surface area contributed by atoms with Gasteiger partial charge in [-0.25, -0.2) is 0 Å². The van der Waals surface area contributed by atoms with Gasteiger partial charge < -0.3 is 5.73 Å². The van der Waals surface area contributed by atoms with Crippen LogP contribution in [-0.4, -0.2) is 5.91 Å². The van der Waals surface area contributed by atoms with Crippen LogP contribution in [0.3, 0.4) is 0 Å². The molecule has 0 heterocycles. The Labute approximate surface area is 118 Å². The molecule has 2 aromatic rings. The first-order valence-corrected chi connectivity index (χ1v) is 6.55. The summed E-state index contributed by atoms with van der Waals surface area (Å²) in [7, 11) is 0. The van der Waals surface area contributed by atoms with Crippen LogP contribution < -0.4 is 5.73 Å². The van der Waals surface area contributed by atoms with Crippen LogP contribution in [0, 0.1) is 0 Å². The van der Waals surface area contributed by atoms with E-state index in [4.69, 9.17) is 17.3 Å². The standard InChI is InChI=1S/C16H16ClNO/c1-16(15(18)19,13-10-6-3-7-11-13)14(17)12-8-4-2-5-9-12/h2-11,14H,1H3,(H2,18,19). The molecule has 0 spiro atoms. The van der Waals surface area contributed by atoms with E-state index in [9.17, 15) is 4.79 Å². The SMILES string of the molecule is CC(C(N)=O)(c1ccccc1)C(Cl)c1ccccc1. The van der Waals surface area contributed by atoms with E-state index in [0.717, 1.165) is 11.1 Å². The van der Waals surface area contributed by atoms with Crippen molar-refractivity contribution in [3.8, 4) is 0 Å². The van der Waals surface area contributed by atoms with Gasteiger partial charge in [0, 0.05) is 0 Å². The predicted molar refractivity (Wildman–Crippen MR) is 78.0 cm³/mol. The molecule has 2 atom stereocenters. The van der Waals surface area contributed by atoms with Crippen molar-refractivity contribution in [1.29, 1.82) is 0 Å². The van der Waals surface area contributed by atoms with Gasteiger partial charge >= 0.3 is 0 Å². The van der Waals surface area contributed by atoms with Crippen molar-refractivity contribution < 1.29 is 4.79 Å². The first-order valence-electron chi connectivity index (χ1n) is 6.11. The summed E-state index contributed by atoms with van der Waals surface area (Å²) in [6.07, 6.45) is 0. The van der Waals surface area contributed by atoms with E-state index in [0.29, 0.717) is 0 Å². The summed E-state index contributed by atoms with van der Waals surface area (Å²) in [6.45, 7) is 1.79. The Morgan fingerprint density at radius 3 is 2.00 bits per heavy atom. The van der Waals surface area contributed by atoms with Gasteiger partial charge in [0.2, 0.25) is 5.91 Å². The van der Waals surface area contributed by atoms with Gasteiger partial charge in [-0.3, -0.25) is 4.79 Å². The van der Waals surface area contributed by atoms with Gasteiger partial charge in [-0.15, -0.1) is 11.6 Å². The average Bonchev–Trinajstić information content (AvgIpc) is 2.47. The molecule has 0 saturated heterocycles. The molecule has 0 aliphatic rings. The summed E-state index contributed by atoms with van der Waals surface area (Å²) in [4.78, 5) is 12.0. The fourth-order valence-electron chi connectivity index (χ4n) is 2.15. The van der Waals surface area contributed by atoms with Gasteiger partial charge in [-0.2, -0.15) is 0 Å². The lowest BCUT2D eigenvalue weighted by Gasteiger charge is -2.31. The highest BCUT2D eigenvalue weighted by Crippen LogP contribution is 2.41. The molecule has 19 heavy (non-hydrogen) atoms. The van der Waals surface area contributed by atoms with E-state index < -0.39 is 16.7 Å². The Kier molecular flexibility index (Phi) is 3.91. The maximum absolute atomic E-state index is 12.0. The number of carbonyl (C=O) groups is 1. The monoisotopic (exact) mass is 273 g/mol. The minimum Gasteiger partial charge on any atom is -0.369 e. The molecular formula is C16H16ClNO. The zero-order valence-electron chi connectivity index (χ0n) is 10.7. The molecule has 2 rings (SSSR count). The number of halogens is 1. The fourth-order valence-corrected chi connectivity index (χ4v) is 2.53. The summed E-state index contributed by atoms with van der Waals surface area (Å²) >= 11 is 6.54. The lowest BCUT2D eigenvalue weighted by Crippen LogP contribution is -2.42. The van der Waals surface area contributed by atoms with Crippen molar-refractivity contribution in [3.05, 3.63) is 71.8 Å². The number of benzene rings is 2. The number of amides is 1. The van der Waals surface area contributed by atoms with Crippen molar-refractivity contribution in [2.75, 3.05) is 0 Å². The Balaban J connectivity index is 2.49. The largest absolute Gasteiger partial charge is 0.369 e. The number of hydrogen-bond acceptors (Lipinski definition) is 1. The summed E-state index contributed by atoms with van der Waals surface area (Å²) in [5, 5.41) is -0.506. The number of hydrogen-bond donors (Lipinski definition) is 1. The minimum atomic E-state index is -0.940. The van der Waals surface area contributed by atoms with Gasteiger partial charge in [0.25, 0.3) is 0 Å². The Morgan fingerprint density at radius 2 is 1.53 bits per heavy atom. The molecule has 2 nitrogen and oxygen atoms in total. The molecule has 0 radical (unpaired) electrons. The normalized spacial score (nSPS) is 15.5. The Morgan fingerprint density at radius 1 is 1.05 bits per heavy atom. The molecule has 0 aliphatic carbocycles. The van der Waals surface area contributed by atoms with Crippen LogP contribution in [-0.2, 0) is 10.2 Å². The van der Waals surface area contributed by atoms with Crippen LogP contribution >= 0.6 is 11.6 Å². The molecule has 0 fully saturated rings. The molecule has 3 heteroatoms. The first kappa shape index (κ1) is 13.6. The number of primary amides is 1. The molecule has 0 aliphatic heterocycles. The van der Waals surface area contributed by atoms with Gasteiger partial charge in [0.1, 0.15) is 0 Å². The lowest BCUT2D eigenvalue weighted by atomic mass is 9.76. The van der Waals surface area contributed by atoms with Crippen LogP contribution in [0.4, 0.5) is 0 Å². The van der Waals surface area contributed by atoms with E-state index >= 15 is 0 Å². The quantitative estimate of drug-likeness (QED) is 0.853. The van der Waals surface area contributed by atoms with Gasteiger partial charge in [0.15, 0.2) is 0 Å². The second kappa shape index (κ2) is 5.45.